The fraction of sp³-hybridized carbons (Fsp3) is 0.529. The van der Waals surface area contributed by atoms with Crippen LogP contribution in [0.2, 0.25) is 0 Å². The van der Waals surface area contributed by atoms with E-state index in [1.807, 2.05) is 30.5 Å². The summed E-state index contributed by atoms with van der Waals surface area (Å²) >= 11 is 0. The lowest BCUT2D eigenvalue weighted by atomic mass is 9.88. The molecule has 1 unspecified atom stereocenters. The molecule has 0 spiro atoms. The lowest BCUT2D eigenvalue weighted by Gasteiger charge is -2.35. The molecule has 4 rings (SSSR count). The molecule has 0 bridgehead atoms. The summed E-state index contributed by atoms with van der Waals surface area (Å²) in [5, 5.41) is 3.66. The molecule has 2 saturated heterocycles. The first-order chi connectivity index (χ1) is 10.4. The van der Waals surface area contributed by atoms with Crippen molar-refractivity contribution in [3.05, 3.63) is 30.5 Å². The van der Waals surface area contributed by atoms with Crippen molar-refractivity contribution in [1.29, 1.82) is 0 Å². The summed E-state index contributed by atoms with van der Waals surface area (Å²) in [7, 11) is 0. The summed E-state index contributed by atoms with van der Waals surface area (Å²) in [6, 6.07) is 8.86. The maximum atomic E-state index is 4.77. The zero-order valence-electron chi connectivity index (χ0n) is 12.3. The van der Waals surface area contributed by atoms with Gasteiger partial charge in [0.2, 0.25) is 0 Å². The van der Waals surface area contributed by atoms with Gasteiger partial charge in [0.25, 0.3) is 0 Å². The molecule has 1 atom stereocenters. The van der Waals surface area contributed by atoms with Crippen molar-refractivity contribution < 1.29 is 0 Å². The number of anilines is 1. The first-order valence-electron chi connectivity index (χ1n) is 8.10. The molecule has 0 amide bonds. The van der Waals surface area contributed by atoms with Crippen LogP contribution in [-0.4, -0.2) is 35.6 Å². The second-order valence-corrected chi connectivity index (χ2v) is 6.24. The summed E-state index contributed by atoms with van der Waals surface area (Å²) in [4.78, 5) is 11.7. The Morgan fingerprint density at radius 2 is 1.86 bits per heavy atom. The molecule has 2 aromatic rings. The predicted molar refractivity (Wildman–Crippen MR) is 85.5 cm³/mol. The molecule has 1 aromatic heterocycles. The van der Waals surface area contributed by atoms with Crippen LogP contribution in [0.15, 0.2) is 30.5 Å². The van der Waals surface area contributed by atoms with Crippen LogP contribution in [0.25, 0.3) is 11.0 Å². The van der Waals surface area contributed by atoms with E-state index >= 15 is 0 Å². The van der Waals surface area contributed by atoms with Crippen molar-refractivity contribution in [3.8, 4) is 0 Å². The van der Waals surface area contributed by atoms with Crippen LogP contribution in [-0.2, 0) is 0 Å². The second-order valence-electron chi connectivity index (χ2n) is 6.24. The van der Waals surface area contributed by atoms with Gasteiger partial charge in [0.1, 0.15) is 5.82 Å². The maximum absolute atomic E-state index is 4.77. The van der Waals surface area contributed by atoms with Crippen LogP contribution in [0.1, 0.15) is 25.7 Å². The number of rotatable bonds is 2. The van der Waals surface area contributed by atoms with E-state index < -0.39 is 0 Å². The van der Waals surface area contributed by atoms with Crippen LogP contribution in [0.3, 0.4) is 0 Å². The van der Waals surface area contributed by atoms with Crippen molar-refractivity contribution in [3.63, 3.8) is 0 Å². The van der Waals surface area contributed by atoms with E-state index in [1.54, 1.807) is 0 Å². The molecule has 2 aliphatic heterocycles. The van der Waals surface area contributed by atoms with Crippen LogP contribution < -0.4 is 10.2 Å². The molecule has 3 heterocycles. The Morgan fingerprint density at radius 1 is 1.05 bits per heavy atom. The molecular weight excluding hydrogens is 260 g/mol. The number of hydrogen-bond acceptors (Lipinski definition) is 4. The SMILES string of the molecule is c1ccc2nc(N3CCC(C4CCCN4)CC3)cnc2c1. The first-order valence-corrected chi connectivity index (χ1v) is 8.10. The summed E-state index contributed by atoms with van der Waals surface area (Å²) in [5.74, 6) is 1.88. The molecule has 110 valence electrons. The van der Waals surface area contributed by atoms with Crippen LogP contribution >= 0.6 is 0 Å². The number of nitrogens with zero attached hydrogens (tertiary/aromatic N) is 3. The van der Waals surface area contributed by atoms with Crippen molar-refractivity contribution >= 4 is 16.9 Å². The van der Waals surface area contributed by atoms with Crippen LogP contribution in [0, 0.1) is 5.92 Å². The van der Waals surface area contributed by atoms with Crippen molar-refractivity contribution in [2.45, 2.75) is 31.7 Å². The lowest BCUT2D eigenvalue weighted by molar-refractivity contribution is 0.318. The van der Waals surface area contributed by atoms with Gasteiger partial charge in [0.15, 0.2) is 0 Å². The van der Waals surface area contributed by atoms with Crippen molar-refractivity contribution in [1.82, 2.24) is 15.3 Å². The summed E-state index contributed by atoms with van der Waals surface area (Å²) < 4.78 is 0. The Kier molecular flexibility index (Phi) is 3.47. The molecule has 4 heteroatoms. The monoisotopic (exact) mass is 282 g/mol. The van der Waals surface area contributed by atoms with Crippen LogP contribution in [0.5, 0.6) is 0 Å². The van der Waals surface area contributed by atoms with Gasteiger partial charge in [-0.15, -0.1) is 0 Å². The highest BCUT2D eigenvalue weighted by Gasteiger charge is 2.28. The third-order valence-corrected chi connectivity index (χ3v) is 4.97. The number of hydrogen-bond donors (Lipinski definition) is 1. The van der Waals surface area contributed by atoms with E-state index in [2.05, 4.69) is 15.2 Å². The second kappa shape index (κ2) is 5.60. The Balaban J connectivity index is 1.46. The van der Waals surface area contributed by atoms with Gasteiger partial charge in [-0.3, -0.25) is 4.98 Å². The topological polar surface area (TPSA) is 41.1 Å². The standard InChI is InChI=1S/C17H22N4/c1-2-5-16-15(4-1)19-12-17(20-16)21-10-7-13(8-11-21)14-6-3-9-18-14/h1-2,4-5,12-14,18H,3,6-11H2. The average molecular weight is 282 g/mol. The smallest absolute Gasteiger partial charge is 0.147 e. The summed E-state index contributed by atoms with van der Waals surface area (Å²) in [6.07, 6.45) is 7.18. The largest absolute Gasteiger partial charge is 0.355 e. The van der Waals surface area contributed by atoms with E-state index in [0.717, 1.165) is 41.9 Å². The van der Waals surface area contributed by atoms with Crippen LogP contribution in [0.4, 0.5) is 5.82 Å². The van der Waals surface area contributed by atoms with Gasteiger partial charge in [0.05, 0.1) is 17.2 Å². The van der Waals surface area contributed by atoms with E-state index in [9.17, 15) is 0 Å². The molecule has 21 heavy (non-hydrogen) atoms. The highest BCUT2D eigenvalue weighted by atomic mass is 15.2. The van der Waals surface area contributed by atoms with E-state index in [4.69, 9.17) is 4.98 Å². The lowest BCUT2D eigenvalue weighted by Crippen LogP contribution is -2.41. The third kappa shape index (κ3) is 2.60. The number of benzene rings is 1. The number of aromatic nitrogens is 2. The molecule has 1 N–H and O–H groups in total. The van der Waals surface area contributed by atoms with Gasteiger partial charge in [-0.25, -0.2) is 4.98 Å². The highest BCUT2D eigenvalue weighted by Crippen LogP contribution is 2.28. The van der Waals surface area contributed by atoms with Gasteiger partial charge in [0, 0.05) is 19.1 Å². The fourth-order valence-electron chi connectivity index (χ4n) is 3.74. The van der Waals surface area contributed by atoms with E-state index in [-0.39, 0.29) is 0 Å². The summed E-state index contributed by atoms with van der Waals surface area (Å²) in [5.41, 5.74) is 1.97. The normalized spacial score (nSPS) is 23.8. The Labute approximate surface area is 125 Å². The number of fused-ring (bicyclic) bond motifs is 1. The zero-order chi connectivity index (χ0) is 14.1. The predicted octanol–water partition coefficient (Wildman–Crippen LogP) is 2.60. The van der Waals surface area contributed by atoms with E-state index in [0.29, 0.717) is 0 Å². The van der Waals surface area contributed by atoms with Gasteiger partial charge in [-0.05, 0) is 50.3 Å². The Bertz CT molecular complexity index is 613. The van der Waals surface area contributed by atoms with E-state index in [1.165, 1.54) is 32.2 Å². The quantitative estimate of drug-likeness (QED) is 0.919. The third-order valence-electron chi connectivity index (χ3n) is 4.97. The molecular formula is C17H22N4. The molecule has 0 saturated carbocycles. The Morgan fingerprint density at radius 3 is 2.62 bits per heavy atom. The minimum Gasteiger partial charge on any atom is -0.355 e. The maximum Gasteiger partial charge on any atom is 0.147 e. The van der Waals surface area contributed by atoms with Gasteiger partial charge in [-0.1, -0.05) is 12.1 Å². The molecule has 4 nitrogen and oxygen atoms in total. The summed E-state index contributed by atoms with van der Waals surface area (Å²) in [6.45, 7) is 3.42. The molecule has 1 aromatic carbocycles. The molecule has 2 aliphatic rings. The highest BCUT2D eigenvalue weighted by molar-refractivity contribution is 5.75. The van der Waals surface area contributed by atoms with Gasteiger partial charge in [-0.2, -0.15) is 0 Å². The minimum atomic E-state index is 0.759. The molecule has 0 radical (unpaired) electrons. The number of para-hydroxylation sites is 2. The molecule has 2 fully saturated rings. The number of piperidine rings is 1. The molecule has 0 aliphatic carbocycles. The number of nitrogens with one attached hydrogen (secondary N) is 1. The van der Waals surface area contributed by atoms with Gasteiger partial charge >= 0.3 is 0 Å². The Hall–Kier alpha value is -1.68. The zero-order valence-corrected chi connectivity index (χ0v) is 12.3. The first kappa shape index (κ1) is 13.0. The van der Waals surface area contributed by atoms with Crippen molar-refractivity contribution in [2.75, 3.05) is 24.5 Å². The average Bonchev–Trinajstić information content (AvgIpc) is 3.09. The fourth-order valence-corrected chi connectivity index (χ4v) is 3.74. The van der Waals surface area contributed by atoms with Gasteiger partial charge < -0.3 is 10.2 Å². The van der Waals surface area contributed by atoms with Crippen molar-refractivity contribution in [2.24, 2.45) is 5.92 Å². The minimum absolute atomic E-state index is 0.759.